The van der Waals surface area contributed by atoms with E-state index < -0.39 is 4.92 Å². The lowest BCUT2D eigenvalue weighted by Crippen LogP contribution is -2.36. The molecule has 1 amide bonds. The number of benzene rings is 1. The summed E-state index contributed by atoms with van der Waals surface area (Å²) in [5, 5.41) is 17.8. The lowest BCUT2D eigenvalue weighted by atomic mass is 10.1. The van der Waals surface area contributed by atoms with E-state index in [1.807, 2.05) is 0 Å². The molecule has 2 heterocycles. The predicted octanol–water partition coefficient (Wildman–Crippen LogP) is 3.22. The Hall–Kier alpha value is -2.25. The Balaban J connectivity index is 1.65. The number of non-ortho nitro benzene ring substituents is 1. The van der Waals surface area contributed by atoms with Gasteiger partial charge in [-0.15, -0.1) is 0 Å². The maximum absolute atomic E-state index is 12.3. The number of nitrogens with zero attached hydrogens (tertiary/aromatic N) is 2. The molecule has 1 aromatic carbocycles. The third kappa shape index (κ3) is 3.80. The first kappa shape index (κ1) is 16.6. The molecule has 6 nitrogen and oxygen atoms in total. The van der Waals surface area contributed by atoms with Gasteiger partial charge >= 0.3 is 0 Å². The van der Waals surface area contributed by atoms with Gasteiger partial charge in [0.15, 0.2) is 0 Å². The number of carbonyl (C=O) groups is 1. The second kappa shape index (κ2) is 7.55. The summed E-state index contributed by atoms with van der Waals surface area (Å²) < 4.78 is 0. The van der Waals surface area contributed by atoms with Crippen LogP contribution in [0.15, 0.2) is 41.1 Å². The van der Waals surface area contributed by atoms with Crippen molar-refractivity contribution < 1.29 is 9.72 Å². The van der Waals surface area contributed by atoms with Gasteiger partial charge in [0.05, 0.1) is 11.0 Å². The van der Waals surface area contributed by atoms with Gasteiger partial charge in [-0.25, -0.2) is 0 Å². The van der Waals surface area contributed by atoms with E-state index in [0.29, 0.717) is 12.1 Å². The van der Waals surface area contributed by atoms with Crippen molar-refractivity contribution in [3.8, 4) is 0 Å². The molecule has 0 radical (unpaired) electrons. The molecule has 1 aromatic heterocycles. The molecule has 1 fully saturated rings. The first-order valence-electron chi connectivity index (χ1n) is 7.94. The number of likely N-dealkylation sites (tertiary alicyclic amines) is 1. The van der Waals surface area contributed by atoms with Crippen LogP contribution in [0.1, 0.15) is 34.8 Å². The van der Waals surface area contributed by atoms with Crippen LogP contribution >= 0.6 is 11.3 Å². The predicted molar refractivity (Wildman–Crippen MR) is 93.3 cm³/mol. The molecule has 1 aliphatic heterocycles. The van der Waals surface area contributed by atoms with Gasteiger partial charge in [0.25, 0.3) is 11.6 Å². The topological polar surface area (TPSA) is 75.5 Å². The molecule has 7 heteroatoms. The Morgan fingerprint density at radius 2 is 1.96 bits per heavy atom. The van der Waals surface area contributed by atoms with Crippen molar-refractivity contribution in [3.63, 3.8) is 0 Å². The zero-order chi connectivity index (χ0) is 16.9. The van der Waals surface area contributed by atoms with Crippen LogP contribution in [0.3, 0.4) is 0 Å². The monoisotopic (exact) mass is 345 g/mol. The van der Waals surface area contributed by atoms with Crippen LogP contribution in [0.5, 0.6) is 0 Å². The third-order valence-electron chi connectivity index (χ3n) is 4.31. The van der Waals surface area contributed by atoms with Crippen molar-refractivity contribution in [2.75, 3.05) is 19.6 Å². The van der Waals surface area contributed by atoms with Crippen molar-refractivity contribution in [2.24, 2.45) is 0 Å². The molecule has 1 aliphatic rings. The molecule has 0 bridgehead atoms. The van der Waals surface area contributed by atoms with E-state index in [9.17, 15) is 14.9 Å². The number of nitro groups is 1. The molecule has 3 rings (SSSR count). The normalized spacial score (nSPS) is 16.0. The van der Waals surface area contributed by atoms with E-state index in [2.05, 4.69) is 27.0 Å². The summed E-state index contributed by atoms with van der Waals surface area (Å²) >= 11 is 1.66. The lowest BCUT2D eigenvalue weighted by molar-refractivity contribution is -0.384. The first-order valence-corrected chi connectivity index (χ1v) is 8.88. The summed E-state index contributed by atoms with van der Waals surface area (Å²) in [4.78, 5) is 24.9. The Morgan fingerprint density at radius 1 is 1.25 bits per heavy atom. The van der Waals surface area contributed by atoms with Gasteiger partial charge in [-0.3, -0.25) is 19.8 Å². The summed E-state index contributed by atoms with van der Waals surface area (Å²) in [5.41, 5.74) is 1.65. The number of hydrogen-bond donors (Lipinski definition) is 1. The number of amides is 1. The number of nitrogens with one attached hydrogen (secondary N) is 1. The largest absolute Gasteiger partial charge is 0.350 e. The Kier molecular flexibility index (Phi) is 5.22. The van der Waals surface area contributed by atoms with Crippen molar-refractivity contribution in [2.45, 2.75) is 18.9 Å². The molecule has 0 spiro atoms. The minimum absolute atomic E-state index is 0.0141. The van der Waals surface area contributed by atoms with Crippen molar-refractivity contribution >= 4 is 22.9 Å². The second-order valence-electron chi connectivity index (χ2n) is 5.83. The van der Waals surface area contributed by atoms with Gasteiger partial charge in [-0.2, -0.15) is 11.3 Å². The lowest BCUT2D eigenvalue weighted by Gasteiger charge is -2.27. The van der Waals surface area contributed by atoms with Gasteiger partial charge in [0, 0.05) is 24.2 Å². The summed E-state index contributed by atoms with van der Waals surface area (Å²) in [7, 11) is 0. The average molecular weight is 345 g/mol. The zero-order valence-electron chi connectivity index (χ0n) is 13.2. The van der Waals surface area contributed by atoms with Crippen LogP contribution in [-0.4, -0.2) is 35.4 Å². The van der Waals surface area contributed by atoms with Gasteiger partial charge < -0.3 is 5.32 Å². The number of nitro benzene ring substituents is 1. The molecule has 24 heavy (non-hydrogen) atoms. The van der Waals surface area contributed by atoms with Crippen molar-refractivity contribution in [3.05, 3.63) is 62.3 Å². The molecule has 1 atom stereocenters. The number of hydrogen-bond acceptors (Lipinski definition) is 5. The maximum Gasteiger partial charge on any atom is 0.269 e. The fourth-order valence-electron chi connectivity index (χ4n) is 3.00. The summed E-state index contributed by atoms with van der Waals surface area (Å²) in [6.07, 6.45) is 2.38. The van der Waals surface area contributed by atoms with Crippen molar-refractivity contribution in [1.29, 1.82) is 0 Å². The van der Waals surface area contributed by atoms with Gasteiger partial charge in [0.2, 0.25) is 0 Å². The molecule has 0 aliphatic carbocycles. The van der Waals surface area contributed by atoms with Crippen LogP contribution in [0.4, 0.5) is 5.69 Å². The van der Waals surface area contributed by atoms with Crippen molar-refractivity contribution in [1.82, 2.24) is 10.2 Å². The molecule has 1 unspecified atom stereocenters. The second-order valence-corrected chi connectivity index (χ2v) is 6.61. The smallest absolute Gasteiger partial charge is 0.269 e. The van der Waals surface area contributed by atoms with Crippen LogP contribution in [0, 0.1) is 10.1 Å². The van der Waals surface area contributed by atoms with E-state index in [-0.39, 0.29) is 17.6 Å². The average Bonchev–Trinajstić information content (AvgIpc) is 3.29. The highest BCUT2D eigenvalue weighted by Gasteiger charge is 2.24. The Bertz CT molecular complexity index is 694. The SMILES string of the molecule is O=C(NCC(c1ccsc1)N1CCCC1)c1ccc([N+](=O)[O-])cc1. The molecule has 1 N–H and O–H groups in total. The standard InChI is InChI=1S/C17H19N3O3S/c21-17(13-3-5-15(6-4-13)20(22)23)18-11-16(14-7-10-24-12-14)19-8-1-2-9-19/h3-7,10,12,16H,1-2,8-9,11H2,(H,18,21). The van der Waals surface area contributed by atoms with Crippen LogP contribution in [0.2, 0.25) is 0 Å². The van der Waals surface area contributed by atoms with Crippen LogP contribution in [-0.2, 0) is 0 Å². The first-order chi connectivity index (χ1) is 11.6. The van der Waals surface area contributed by atoms with Crippen LogP contribution < -0.4 is 5.32 Å². The third-order valence-corrected chi connectivity index (χ3v) is 5.01. The van der Waals surface area contributed by atoms with Crippen LogP contribution in [0.25, 0.3) is 0 Å². The van der Waals surface area contributed by atoms with Gasteiger partial charge in [-0.05, 0) is 60.5 Å². The summed E-state index contributed by atoms with van der Waals surface area (Å²) in [6, 6.07) is 7.97. The Labute approximate surface area is 144 Å². The summed E-state index contributed by atoms with van der Waals surface area (Å²) in [6.45, 7) is 2.63. The highest BCUT2D eigenvalue weighted by molar-refractivity contribution is 7.07. The number of rotatable bonds is 6. The fourth-order valence-corrected chi connectivity index (χ4v) is 3.71. The molecule has 0 saturated carbocycles. The van der Waals surface area contributed by atoms with E-state index in [1.54, 1.807) is 11.3 Å². The minimum Gasteiger partial charge on any atom is -0.350 e. The van der Waals surface area contributed by atoms with E-state index in [1.165, 1.54) is 42.7 Å². The maximum atomic E-state index is 12.3. The molecular formula is C17H19N3O3S. The molecule has 1 saturated heterocycles. The highest BCUT2D eigenvalue weighted by atomic mass is 32.1. The number of thiophene rings is 1. The zero-order valence-corrected chi connectivity index (χ0v) is 14.0. The number of carbonyl (C=O) groups excluding carboxylic acids is 1. The molecular weight excluding hydrogens is 326 g/mol. The minimum atomic E-state index is -0.471. The van der Waals surface area contributed by atoms with E-state index in [4.69, 9.17) is 0 Å². The summed E-state index contributed by atoms with van der Waals surface area (Å²) in [5.74, 6) is -0.204. The molecule has 2 aromatic rings. The molecule has 126 valence electrons. The highest BCUT2D eigenvalue weighted by Crippen LogP contribution is 2.26. The quantitative estimate of drug-likeness (QED) is 0.644. The van der Waals surface area contributed by atoms with Gasteiger partial charge in [0.1, 0.15) is 0 Å². The Morgan fingerprint density at radius 3 is 2.54 bits per heavy atom. The van der Waals surface area contributed by atoms with Gasteiger partial charge in [-0.1, -0.05) is 0 Å². The fraction of sp³-hybridized carbons (Fsp3) is 0.353. The van der Waals surface area contributed by atoms with E-state index >= 15 is 0 Å². The van der Waals surface area contributed by atoms with E-state index in [0.717, 1.165) is 13.1 Å².